The van der Waals surface area contributed by atoms with Crippen molar-refractivity contribution in [2.24, 2.45) is 0 Å². The third-order valence-electron chi connectivity index (χ3n) is 7.22. The molecule has 7 nitrogen and oxygen atoms in total. The van der Waals surface area contributed by atoms with Crippen LogP contribution < -0.4 is 9.62 Å². The standard InChI is InChI=1S/C27H26F6N2O5S/c1-2-17-3-8-22(9-4-17)41(38,39)35-21(16-24(36)34-20-11-13-40-14-12-20)7-5-18-15-19(6-10-23(18)35)25(37,26(28,29)30)27(31,32)33/h1,3-4,6,8-10,15,20-21,37H,5,7,11-14,16H2,(H,34,36). The molecule has 0 saturated carbocycles. The summed E-state index contributed by atoms with van der Waals surface area (Å²) in [4.78, 5) is 12.7. The molecule has 1 fully saturated rings. The molecule has 2 aliphatic heterocycles. The summed E-state index contributed by atoms with van der Waals surface area (Å²) in [5.41, 5.74) is -6.67. The van der Waals surface area contributed by atoms with Gasteiger partial charge in [0.05, 0.1) is 16.6 Å². The molecule has 0 spiro atoms. The Kier molecular flexibility index (Phi) is 8.37. The van der Waals surface area contributed by atoms with Crippen molar-refractivity contribution < 1.29 is 49.4 Å². The Balaban J connectivity index is 1.77. The number of nitrogens with one attached hydrogen (secondary N) is 1. The number of nitrogens with zero attached hydrogens (tertiary/aromatic N) is 1. The van der Waals surface area contributed by atoms with Crippen LogP contribution in [0.2, 0.25) is 0 Å². The molecule has 1 atom stereocenters. The van der Waals surface area contributed by atoms with Crippen LogP contribution in [-0.4, -0.2) is 57.1 Å². The van der Waals surface area contributed by atoms with Gasteiger partial charge in [-0.1, -0.05) is 18.1 Å². The fraction of sp³-hybridized carbons (Fsp3) is 0.444. The number of alkyl halides is 6. The number of hydrogen-bond donors (Lipinski definition) is 2. The van der Waals surface area contributed by atoms with Crippen LogP contribution in [-0.2, 0) is 31.6 Å². The number of anilines is 1. The van der Waals surface area contributed by atoms with E-state index in [1.54, 1.807) is 0 Å². The number of halogens is 6. The van der Waals surface area contributed by atoms with Crippen LogP contribution in [0.1, 0.15) is 42.4 Å². The highest BCUT2D eigenvalue weighted by molar-refractivity contribution is 7.92. The molecule has 2 aliphatic rings. The maximum Gasteiger partial charge on any atom is 0.430 e. The maximum atomic E-state index is 13.8. The number of aliphatic hydroxyl groups is 1. The number of ether oxygens (including phenoxy) is 1. The molecule has 2 heterocycles. The first-order chi connectivity index (χ1) is 19.1. The zero-order valence-electron chi connectivity index (χ0n) is 21.4. The monoisotopic (exact) mass is 604 g/mol. The normalized spacial score (nSPS) is 18.9. The summed E-state index contributed by atoms with van der Waals surface area (Å²) < 4.78 is 115. The maximum absolute atomic E-state index is 13.8. The van der Waals surface area contributed by atoms with Crippen LogP contribution in [0.3, 0.4) is 0 Å². The molecule has 0 aliphatic carbocycles. The molecule has 2 aromatic rings. The minimum Gasteiger partial charge on any atom is -0.381 e. The van der Waals surface area contributed by atoms with Gasteiger partial charge in [-0.15, -0.1) is 6.42 Å². The Hall–Kier alpha value is -3.28. The highest BCUT2D eigenvalue weighted by Crippen LogP contribution is 2.51. The molecule has 1 saturated heterocycles. The Bertz CT molecular complexity index is 1410. The van der Waals surface area contributed by atoms with Crippen molar-refractivity contribution in [2.75, 3.05) is 17.5 Å². The Morgan fingerprint density at radius 2 is 1.63 bits per heavy atom. The van der Waals surface area contributed by atoms with E-state index >= 15 is 0 Å². The van der Waals surface area contributed by atoms with E-state index in [4.69, 9.17) is 11.2 Å². The lowest BCUT2D eigenvalue weighted by atomic mass is 9.87. The van der Waals surface area contributed by atoms with Crippen molar-refractivity contribution in [1.82, 2.24) is 5.32 Å². The largest absolute Gasteiger partial charge is 0.430 e. The van der Waals surface area contributed by atoms with Crippen molar-refractivity contribution in [2.45, 2.75) is 67.0 Å². The fourth-order valence-corrected chi connectivity index (χ4v) is 6.76. The molecule has 4 rings (SSSR count). The molecule has 1 amide bonds. The van der Waals surface area contributed by atoms with E-state index in [1.165, 1.54) is 24.3 Å². The fourth-order valence-electron chi connectivity index (χ4n) is 5.04. The van der Waals surface area contributed by atoms with E-state index in [0.717, 1.165) is 10.4 Å². The Morgan fingerprint density at radius 1 is 1.02 bits per heavy atom. The number of benzene rings is 2. The van der Waals surface area contributed by atoms with Crippen LogP contribution in [0.25, 0.3) is 0 Å². The summed E-state index contributed by atoms with van der Waals surface area (Å²) in [5, 5.41) is 12.7. The van der Waals surface area contributed by atoms with Crippen LogP contribution in [0.4, 0.5) is 32.0 Å². The second-order valence-electron chi connectivity index (χ2n) is 9.87. The summed E-state index contributed by atoms with van der Waals surface area (Å²) in [6.07, 6.45) is -6.30. The van der Waals surface area contributed by atoms with Gasteiger partial charge in [-0.05, 0) is 61.6 Å². The van der Waals surface area contributed by atoms with E-state index in [0.29, 0.717) is 43.8 Å². The molecule has 0 radical (unpaired) electrons. The van der Waals surface area contributed by atoms with Gasteiger partial charge < -0.3 is 15.2 Å². The number of carbonyl (C=O) groups excluding carboxylic acids is 1. The van der Waals surface area contributed by atoms with Gasteiger partial charge in [-0.2, -0.15) is 26.3 Å². The van der Waals surface area contributed by atoms with Gasteiger partial charge >= 0.3 is 12.4 Å². The number of carbonyl (C=O) groups is 1. The lowest BCUT2D eigenvalue weighted by Crippen LogP contribution is -2.54. The van der Waals surface area contributed by atoms with Crippen LogP contribution in [0.15, 0.2) is 47.4 Å². The van der Waals surface area contributed by atoms with Crippen LogP contribution in [0, 0.1) is 12.3 Å². The van der Waals surface area contributed by atoms with Gasteiger partial charge in [0, 0.05) is 36.8 Å². The number of rotatable bonds is 6. The molecule has 1 unspecified atom stereocenters. The van der Waals surface area contributed by atoms with Gasteiger partial charge in [-0.25, -0.2) is 8.42 Å². The van der Waals surface area contributed by atoms with E-state index in [9.17, 15) is 44.7 Å². The minimum atomic E-state index is -6.11. The summed E-state index contributed by atoms with van der Waals surface area (Å²) >= 11 is 0. The molecule has 0 bridgehead atoms. The Morgan fingerprint density at radius 3 is 2.20 bits per heavy atom. The number of aryl methyl sites for hydroxylation is 1. The summed E-state index contributed by atoms with van der Waals surface area (Å²) in [7, 11) is -4.48. The lowest BCUT2D eigenvalue weighted by Gasteiger charge is -2.39. The first-order valence-electron chi connectivity index (χ1n) is 12.6. The van der Waals surface area contributed by atoms with E-state index in [-0.39, 0.29) is 41.5 Å². The van der Waals surface area contributed by atoms with Crippen LogP contribution >= 0.6 is 0 Å². The smallest absolute Gasteiger partial charge is 0.381 e. The van der Waals surface area contributed by atoms with Gasteiger partial charge in [0.25, 0.3) is 15.6 Å². The predicted molar refractivity (Wildman–Crippen MR) is 135 cm³/mol. The molecular formula is C27H26F6N2O5S. The van der Waals surface area contributed by atoms with Crippen LogP contribution in [0.5, 0.6) is 0 Å². The SMILES string of the molecule is C#Cc1ccc(S(=O)(=O)N2c3ccc(C(O)(C(F)(F)F)C(F)(F)F)cc3CCC2CC(=O)NC2CCOCC2)cc1. The summed E-state index contributed by atoms with van der Waals surface area (Å²) in [6.45, 7) is 0.890. The molecule has 222 valence electrons. The van der Waals surface area contributed by atoms with E-state index in [1.807, 2.05) is 0 Å². The zero-order valence-corrected chi connectivity index (χ0v) is 22.2. The third-order valence-corrected chi connectivity index (χ3v) is 9.10. The van der Waals surface area contributed by atoms with E-state index < -0.39 is 45.5 Å². The predicted octanol–water partition coefficient (Wildman–Crippen LogP) is 4.18. The molecule has 14 heteroatoms. The van der Waals surface area contributed by atoms with Crippen molar-refractivity contribution in [3.8, 4) is 12.3 Å². The molecule has 0 aromatic heterocycles. The number of amides is 1. The van der Waals surface area contributed by atoms with Crippen molar-refractivity contribution >= 4 is 21.6 Å². The average molecular weight is 605 g/mol. The first-order valence-corrected chi connectivity index (χ1v) is 14.0. The molecular weight excluding hydrogens is 578 g/mol. The van der Waals surface area contributed by atoms with Gasteiger partial charge in [0.1, 0.15) is 0 Å². The number of fused-ring (bicyclic) bond motifs is 1. The van der Waals surface area contributed by atoms with Crippen molar-refractivity contribution in [1.29, 1.82) is 0 Å². The van der Waals surface area contributed by atoms with Crippen molar-refractivity contribution in [3.63, 3.8) is 0 Å². The van der Waals surface area contributed by atoms with Gasteiger partial charge in [-0.3, -0.25) is 9.10 Å². The topological polar surface area (TPSA) is 95.9 Å². The van der Waals surface area contributed by atoms with E-state index in [2.05, 4.69) is 11.2 Å². The number of sulfonamides is 1. The Labute approximate surface area is 232 Å². The molecule has 2 N–H and O–H groups in total. The third kappa shape index (κ3) is 5.89. The second kappa shape index (κ2) is 11.2. The molecule has 2 aromatic carbocycles. The number of terminal acetylenes is 1. The average Bonchev–Trinajstić information content (AvgIpc) is 2.91. The van der Waals surface area contributed by atoms with Gasteiger partial charge in [0.2, 0.25) is 5.91 Å². The first kappa shape index (κ1) is 30.7. The number of hydrogen-bond acceptors (Lipinski definition) is 5. The summed E-state index contributed by atoms with van der Waals surface area (Å²) in [5.74, 6) is 1.88. The molecule has 41 heavy (non-hydrogen) atoms. The second-order valence-corrected chi connectivity index (χ2v) is 11.7. The highest BCUT2D eigenvalue weighted by Gasteiger charge is 2.71. The quantitative estimate of drug-likeness (QED) is 0.381. The zero-order chi connectivity index (χ0) is 30.2. The van der Waals surface area contributed by atoms with Crippen molar-refractivity contribution in [3.05, 3.63) is 59.2 Å². The summed E-state index contributed by atoms with van der Waals surface area (Å²) in [6, 6.07) is 5.68. The minimum absolute atomic E-state index is 0.0875. The highest BCUT2D eigenvalue weighted by atomic mass is 32.2. The lowest BCUT2D eigenvalue weighted by molar-refractivity contribution is -0.376. The van der Waals surface area contributed by atoms with Gasteiger partial charge in [0.15, 0.2) is 0 Å².